The van der Waals surface area contributed by atoms with Crippen molar-refractivity contribution in [2.45, 2.75) is 27.2 Å². The van der Waals surface area contributed by atoms with E-state index in [2.05, 4.69) is 56.5 Å². The maximum atomic E-state index is 4.74. The first-order valence-corrected chi connectivity index (χ1v) is 8.44. The number of hydrazone groups is 1. The minimum absolute atomic E-state index is 0.446. The number of para-hydroxylation sites is 1. The molecular weight excluding hydrogens is 292 g/mol. The number of nitrogens with zero attached hydrogens (tertiary/aromatic N) is 1. The van der Waals surface area contributed by atoms with E-state index in [9.17, 15) is 0 Å². The second-order valence-corrected chi connectivity index (χ2v) is 6.41. The SMILES string of the molecule is CC1=CC(C)=C(C)C1CC(=NNc1ccccc1)c1ccccc1. The Bertz CT molecular complexity index is 783. The fourth-order valence-corrected chi connectivity index (χ4v) is 3.18. The fourth-order valence-electron chi connectivity index (χ4n) is 3.18. The highest BCUT2D eigenvalue weighted by atomic mass is 15.3. The Labute approximate surface area is 144 Å². The van der Waals surface area contributed by atoms with Gasteiger partial charge < -0.3 is 0 Å². The molecule has 3 rings (SSSR count). The first kappa shape index (κ1) is 16.3. The van der Waals surface area contributed by atoms with Crippen LogP contribution in [0.4, 0.5) is 5.69 Å². The highest BCUT2D eigenvalue weighted by molar-refractivity contribution is 6.01. The van der Waals surface area contributed by atoms with E-state index in [1.807, 2.05) is 36.4 Å². The Balaban J connectivity index is 1.87. The maximum absolute atomic E-state index is 4.74. The average molecular weight is 316 g/mol. The molecule has 0 heterocycles. The third kappa shape index (κ3) is 3.65. The molecule has 24 heavy (non-hydrogen) atoms. The predicted octanol–water partition coefficient (Wildman–Crippen LogP) is 5.81. The van der Waals surface area contributed by atoms with E-state index in [1.54, 1.807) is 0 Å². The molecule has 2 heteroatoms. The van der Waals surface area contributed by atoms with E-state index < -0.39 is 0 Å². The van der Waals surface area contributed by atoms with Gasteiger partial charge in [0.15, 0.2) is 0 Å². The summed E-state index contributed by atoms with van der Waals surface area (Å²) in [6.45, 7) is 6.65. The number of anilines is 1. The van der Waals surface area contributed by atoms with E-state index in [-0.39, 0.29) is 0 Å². The number of nitrogens with one attached hydrogen (secondary N) is 1. The molecule has 0 fully saturated rings. The third-order valence-electron chi connectivity index (χ3n) is 4.74. The number of allylic oxidation sites excluding steroid dienone is 4. The molecular formula is C22H24N2. The quantitative estimate of drug-likeness (QED) is 0.546. The smallest absolute Gasteiger partial charge is 0.0688 e. The molecule has 0 saturated carbocycles. The van der Waals surface area contributed by atoms with Gasteiger partial charge in [0, 0.05) is 12.3 Å². The van der Waals surface area contributed by atoms with Crippen molar-refractivity contribution in [2.75, 3.05) is 5.43 Å². The van der Waals surface area contributed by atoms with Crippen molar-refractivity contribution in [1.82, 2.24) is 0 Å². The van der Waals surface area contributed by atoms with Crippen LogP contribution in [0.15, 0.2) is 88.6 Å². The Kier molecular flexibility index (Phi) is 4.95. The van der Waals surface area contributed by atoms with Gasteiger partial charge in [-0.05, 0) is 38.5 Å². The van der Waals surface area contributed by atoms with Crippen LogP contribution in [-0.2, 0) is 0 Å². The van der Waals surface area contributed by atoms with Crippen LogP contribution >= 0.6 is 0 Å². The molecule has 0 aromatic heterocycles. The molecule has 1 unspecified atom stereocenters. The average Bonchev–Trinajstić information content (AvgIpc) is 2.86. The lowest BCUT2D eigenvalue weighted by Gasteiger charge is -2.17. The van der Waals surface area contributed by atoms with Gasteiger partial charge in [-0.2, -0.15) is 5.10 Å². The summed E-state index contributed by atoms with van der Waals surface area (Å²) in [5.74, 6) is 0.446. The summed E-state index contributed by atoms with van der Waals surface area (Å²) in [6, 6.07) is 20.5. The van der Waals surface area contributed by atoms with Crippen LogP contribution in [0.25, 0.3) is 0 Å². The molecule has 0 saturated heterocycles. The van der Waals surface area contributed by atoms with Gasteiger partial charge in [0.1, 0.15) is 0 Å². The van der Waals surface area contributed by atoms with Crippen LogP contribution in [0.1, 0.15) is 32.8 Å². The summed E-state index contributed by atoms with van der Waals surface area (Å²) in [6.07, 6.45) is 3.21. The van der Waals surface area contributed by atoms with Gasteiger partial charge in [-0.25, -0.2) is 0 Å². The molecule has 1 aliphatic carbocycles. The van der Waals surface area contributed by atoms with Crippen LogP contribution in [0, 0.1) is 5.92 Å². The molecule has 0 spiro atoms. The van der Waals surface area contributed by atoms with Gasteiger partial charge in [0.05, 0.1) is 11.4 Å². The number of hydrogen-bond donors (Lipinski definition) is 1. The van der Waals surface area contributed by atoms with Gasteiger partial charge in [-0.3, -0.25) is 5.43 Å². The summed E-state index contributed by atoms with van der Waals surface area (Å²) in [4.78, 5) is 0. The molecule has 0 amide bonds. The zero-order valence-corrected chi connectivity index (χ0v) is 14.6. The largest absolute Gasteiger partial charge is 0.278 e. The lowest BCUT2D eigenvalue weighted by Crippen LogP contribution is -2.12. The molecule has 1 atom stereocenters. The second kappa shape index (κ2) is 7.31. The van der Waals surface area contributed by atoms with Crippen molar-refractivity contribution in [2.24, 2.45) is 11.0 Å². The van der Waals surface area contributed by atoms with E-state index in [0.717, 1.165) is 17.8 Å². The highest BCUT2D eigenvalue weighted by Crippen LogP contribution is 2.34. The number of rotatable bonds is 5. The molecule has 1 aliphatic rings. The lowest BCUT2D eigenvalue weighted by molar-refractivity contribution is 0.759. The summed E-state index contributed by atoms with van der Waals surface area (Å²) in [5, 5.41) is 4.74. The zero-order valence-electron chi connectivity index (χ0n) is 14.6. The van der Waals surface area contributed by atoms with Gasteiger partial charge >= 0.3 is 0 Å². The maximum Gasteiger partial charge on any atom is 0.0688 e. The Hall–Kier alpha value is -2.61. The van der Waals surface area contributed by atoms with Crippen molar-refractivity contribution < 1.29 is 0 Å². The van der Waals surface area contributed by atoms with Crippen LogP contribution < -0.4 is 5.43 Å². The minimum atomic E-state index is 0.446. The summed E-state index contributed by atoms with van der Waals surface area (Å²) in [7, 11) is 0. The standard InChI is InChI=1S/C22H24N2/c1-16-14-17(2)21(18(16)3)15-22(19-10-6-4-7-11-19)24-23-20-12-8-5-9-13-20/h4-14,21,23H,15H2,1-3H3. The van der Waals surface area contributed by atoms with E-state index in [0.29, 0.717) is 5.92 Å². The van der Waals surface area contributed by atoms with Crippen molar-refractivity contribution >= 4 is 11.4 Å². The first-order valence-electron chi connectivity index (χ1n) is 8.44. The van der Waals surface area contributed by atoms with E-state index in [4.69, 9.17) is 5.10 Å². The summed E-state index contributed by atoms with van der Waals surface area (Å²) >= 11 is 0. The Morgan fingerprint density at radius 3 is 2.12 bits per heavy atom. The molecule has 0 radical (unpaired) electrons. The summed E-state index contributed by atoms with van der Waals surface area (Å²) < 4.78 is 0. The van der Waals surface area contributed by atoms with Crippen molar-refractivity contribution in [3.8, 4) is 0 Å². The van der Waals surface area contributed by atoms with E-state index in [1.165, 1.54) is 22.3 Å². The predicted molar refractivity (Wildman–Crippen MR) is 103 cm³/mol. The normalized spacial score (nSPS) is 17.9. The monoisotopic (exact) mass is 316 g/mol. The second-order valence-electron chi connectivity index (χ2n) is 6.41. The van der Waals surface area contributed by atoms with Crippen LogP contribution in [0.2, 0.25) is 0 Å². The molecule has 0 bridgehead atoms. The lowest BCUT2D eigenvalue weighted by atomic mass is 9.89. The number of benzene rings is 2. The topological polar surface area (TPSA) is 24.4 Å². The highest BCUT2D eigenvalue weighted by Gasteiger charge is 2.22. The van der Waals surface area contributed by atoms with Crippen molar-refractivity contribution in [3.63, 3.8) is 0 Å². The zero-order chi connectivity index (χ0) is 16.9. The molecule has 2 nitrogen and oxygen atoms in total. The van der Waals surface area contributed by atoms with Gasteiger partial charge in [-0.1, -0.05) is 71.3 Å². The van der Waals surface area contributed by atoms with Crippen LogP contribution in [0.3, 0.4) is 0 Å². The number of hydrogen-bond acceptors (Lipinski definition) is 2. The van der Waals surface area contributed by atoms with Gasteiger partial charge in [0.25, 0.3) is 0 Å². The molecule has 122 valence electrons. The minimum Gasteiger partial charge on any atom is -0.278 e. The van der Waals surface area contributed by atoms with E-state index >= 15 is 0 Å². The molecule has 0 aliphatic heterocycles. The van der Waals surface area contributed by atoms with Crippen LogP contribution in [-0.4, -0.2) is 5.71 Å². The summed E-state index contributed by atoms with van der Waals surface area (Å²) in [5.41, 5.74) is 10.7. The molecule has 2 aromatic rings. The fraction of sp³-hybridized carbons (Fsp3) is 0.227. The van der Waals surface area contributed by atoms with Gasteiger partial charge in [-0.15, -0.1) is 0 Å². The van der Waals surface area contributed by atoms with Crippen LogP contribution in [0.5, 0.6) is 0 Å². The molecule has 1 N–H and O–H groups in total. The third-order valence-corrected chi connectivity index (χ3v) is 4.74. The molecule has 2 aromatic carbocycles. The van der Waals surface area contributed by atoms with Gasteiger partial charge in [0.2, 0.25) is 0 Å². The first-order chi connectivity index (χ1) is 11.6. The van der Waals surface area contributed by atoms with Crippen molar-refractivity contribution in [1.29, 1.82) is 0 Å². The Morgan fingerprint density at radius 2 is 1.54 bits per heavy atom. The van der Waals surface area contributed by atoms with Crippen molar-refractivity contribution in [3.05, 3.63) is 89.0 Å². The Morgan fingerprint density at radius 1 is 0.917 bits per heavy atom.